The number of carbonyl (C=O) groups is 2. The van der Waals surface area contributed by atoms with Gasteiger partial charge < -0.3 is 19.8 Å². The van der Waals surface area contributed by atoms with Crippen LogP contribution >= 0.6 is 0 Å². The average molecular weight is 378 g/mol. The molecule has 2 N–H and O–H groups in total. The van der Waals surface area contributed by atoms with Gasteiger partial charge >= 0.3 is 0 Å². The number of amides is 2. The second-order valence-electron chi connectivity index (χ2n) is 6.27. The standard InChI is InChI=1S/C22H22N2O4/c1-4-27-19-11-9-18(10-12-19)23-21(25)16-5-7-17(8-6-16)24-22(26)20-13-14(2)28-15(20)3/h5-13H,4H2,1-3H3,(H,23,25)(H,24,26). The molecule has 2 aromatic carbocycles. The maximum atomic E-state index is 12.4. The molecule has 28 heavy (non-hydrogen) atoms. The second kappa shape index (κ2) is 8.43. The number of hydrogen-bond donors (Lipinski definition) is 2. The van der Waals surface area contributed by atoms with E-state index in [9.17, 15) is 9.59 Å². The molecular formula is C22H22N2O4. The molecule has 0 saturated heterocycles. The molecule has 0 atom stereocenters. The van der Waals surface area contributed by atoms with Crippen molar-refractivity contribution in [2.24, 2.45) is 0 Å². The molecule has 1 aromatic heterocycles. The Morgan fingerprint density at radius 2 is 1.46 bits per heavy atom. The number of ether oxygens (including phenoxy) is 1. The molecule has 2 amide bonds. The van der Waals surface area contributed by atoms with Crippen LogP contribution in [0.25, 0.3) is 0 Å². The lowest BCUT2D eigenvalue weighted by atomic mass is 10.1. The summed E-state index contributed by atoms with van der Waals surface area (Å²) in [5.74, 6) is 1.53. The fourth-order valence-corrected chi connectivity index (χ4v) is 2.76. The molecular weight excluding hydrogens is 356 g/mol. The van der Waals surface area contributed by atoms with Gasteiger partial charge in [0.05, 0.1) is 12.2 Å². The first-order chi connectivity index (χ1) is 13.5. The zero-order valence-corrected chi connectivity index (χ0v) is 16.0. The quantitative estimate of drug-likeness (QED) is 0.646. The Bertz CT molecular complexity index is 973. The summed E-state index contributed by atoms with van der Waals surface area (Å²) < 4.78 is 10.8. The highest BCUT2D eigenvalue weighted by Crippen LogP contribution is 2.19. The largest absolute Gasteiger partial charge is 0.494 e. The summed E-state index contributed by atoms with van der Waals surface area (Å²) in [6.07, 6.45) is 0. The monoisotopic (exact) mass is 378 g/mol. The third-order valence-electron chi connectivity index (χ3n) is 4.11. The highest BCUT2D eigenvalue weighted by molar-refractivity contribution is 6.06. The molecule has 0 radical (unpaired) electrons. The zero-order valence-electron chi connectivity index (χ0n) is 16.0. The summed E-state index contributed by atoms with van der Waals surface area (Å²) in [5.41, 5.74) is 2.26. The van der Waals surface area contributed by atoms with E-state index in [1.807, 2.05) is 6.92 Å². The summed E-state index contributed by atoms with van der Waals surface area (Å²) in [7, 11) is 0. The fourth-order valence-electron chi connectivity index (χ4n) is 2.76. The minimum absolute atomic E-state index is 0.233. The third-order valence-corrected chi connectivity index (χ3v) is 4.11. The van der Waals surface area contributed by atoms with E-state index in [1.54, 1.807) is 68.4 Å². The van der Waals surface area contributed by atoms with Crippen molar-refractivity contribution in [3.05, 3.63) is 77.2 Å². The van der Waals surface area contributed by atoms with Gasteiger partial charge in [0, 0.05) is 16.9 Å². The number of hydrogen-bond acceptors (Lipinski definition) is 4. The van der Waals surface area contributed by atoms with Gasteiger partial charge in [-0.05, 0) is 75.4 Å². The van der Waals surface area contributed by atoms with Gasteiger partial charge in [-0.2, -0.15) is 0 Å². The van der Waals surface area contributed by atoms with Gasteiger partial charge in [0.25, 0.3) is 11.8 Å². The molecule has 1 heterocycles. The number of carbonyl (C=O) groups excluding carboxylic acids is 2. The molecule has 3 aromatic rings. The Morgan fingerprint density at radius 3 is 2.00 bits per heavy atom. The predicted molar refractivity (Wildman–Crippen MR) is 108 cm³/mol. The topological polar surface area (TPSA) is 80.6 Å². The SMILES string of the molecule is CCOc1ccc(NC(=O)c2ccc(NC(=O)c3cc(C)oc3C)cc2)cc1. The fraction of sp³-hybridized carbons (Fsp3) is 0.182. The number of benzene rings is 2. The van der Waals surface area contributed by atoms with Crippen LogP contribution in [0.4, 0.5) is 11.4 Å². The van der Waals surface area contributed by atoms with E-state index >= 15 is 0 Å². The normalized spacial score (nSPS) is 10.4. The van der Waals surface area contributed by atoms with Crippen LogP contribution in [-0.4, -0.2) is 18.4 Å². The van der Waals surface area contributed by atoms with Gasteiger partial charge in [-0.3, -0.25) is 9.59 Å². The van der Waals surface area contributed by atoms with Crippen molar-refractivity contribution in [2.75, 3.05) is 17.2 Å². The Kier molecular flexibility index (Phi) is 5.79. The number of nitrogens with one attached hydrogen (secondary N) is 2. The first-order valence-corrected chi connectivity index (χ1v) is 8.99. The second-order valence-corrected chi connectivity index (χ2v) is 6.27. The third kappa shape index (κ3) is 4.59. The summed E-state index contributed by atoms with van der Waals surface area (Å²) in [4.78, 5) is 24.7. The van der Waals surface area contributed by atoms with Crippen LogP contribution in [-0.2, 0) is 0 Å². The number of furan rings is 1. The smallest absolute Gasteiger partial charge is 0.259 e. The minimum atomic E-state index is -0.249. The van der Waals surface area contributed by atoms with E-state index in [0.29, 0.717) is 40.6 Å². The Balaban J connectivity index is 1.62. The summed E-state index contributed by atoms with van der Waals surface area (Å²) in [5, 5.41) is 5.63. The van der Waals surface area contributed by atoms with Crippen molar-refractivity contribution < 1.29 is 18.7 Å². The van der Waals surface area contributed by atoms with Crippen LogP contribution in [0.3, 0.4) is 0 Å². The van der Waals surface area contributed by atoms with Crippen LogP contribution in [0.5, 0.6) is 5.75 Å². The number of aryl methyl sites for hydroxylation is 2. The number of rotatable bonds is 6. The molecule has 6 heteroatoms. The van der Waals surface area contributed by atoms with E-state index in [2.05, 4.69) is 10.6 Å². The molecule has 144 valence electrons. The minimum Gasteiger partial charge on any atom is -0.494 e. The van der Waals surface area contributed by atoms with Crippen LogP contribution in [0.15, 0.2) is 59.0 Å². The van der Waals surface area contributed by atoms with E-state index in [4.69, 9.17) is 9.15 Å². The summed E-state index contributed by atoms with van der Waals surface area (Å²) in [6, 6.07) is 15.6. The van der Waals surface area contributed by atoms with Crippen molar-refractivity contribution in [3.8, 4) is 5.75 Å². The molecule has 0 saturated carbocycles. The van der Waals surface area contributed by atoms with Crippen LogP contribution in [0, 0.1) is 13.8 Å². The van der Waals surface area contributed by atoms with E-state index < -0.39 is 0 Å². The molecule has 0 aliphatic carbocycles. The molecule has 0 aliphatic rings. The van der Waals surface area contributed by atoms with E-state index in [1.165, 1.54) is 0 Å². The summed E-state index contributed by atoms with van der Waals surface area (Å²) >= 11 is 0. The van der Waals surface area contributed by atoms with E-state index in [0.717, 1.165) is 5.75 Å². The lowest BCUT2D eigenvalue weighted by molar-refractivity contribution is 0.101. The maximum absolute atomic E-state index is 12.4. The predicted octanol–water partition coefficient (Wildman–Crippen LogP) is 4.80. The van der Waals surface area contributed by atoms with Crippen molar-refractivity contribution in [2.45, 2.75) is 20.8 Å². The molecule has 0 fully saturated rings. The van der Waals surface area contributed by atoms with Gasteiger partial charge in [-0.15, -0.1) is 0 Å². The van der Waals surface area contributed by atoms with Crippen LogP contribution in [0.2, 0.25) is 0 Å². The molecule has 0 bridgehead atoms. The molecule has 0 spiro atoms. The lowest BCUT2D eigenvalue weighted by Crippen LogP contribution is -2.14. The van der Waals surface area contributed by atoms with Crippen molar-refractivity contribution >= 4 is 23.2 Å². The average Bonchev–Trinajstić information content (AvgIpc) is 3.02. The van der Waals surface area contributed by atoms with Crippen molar-refractivity contribution in [1.82, 2.24) is 0 Å². The Morgan fingerprint density at radius 1 is 0.893 bits per heavy atom. The highest BCUT2D eigenvalue weighted by Gasteiger charge is 2.14. The van der Waals surface area contributed by atoms with Gasteiger partial charge in [-0.25, -0.2) is 0 Å². The van der Waals surface area contributed by atoms with Gasteiger partial charge in [0.1, 0.15) is 17.3 Å². The molecule has 0 unspecified atom stereocenters. The highest BCUT2D eigenvalue weighted by atomic mass is 16.5. The molecule has 0 aliphatic heterocycles. The van der Waals surface area contributed by atoms with Crippen molar-refractivity contribution in [1.29, 1.82) is 0 Å². The molecule has 6 nitrogen and oxygen atoms in total. The molecule has 3 rings (SSSR count). The maximum Gasteiger partial charge on any atom is 0.259 e. The summed E-state index contributed by atoms with van der Waals surface area (Å²) in [6.45, 7) is 6.05. The number of anilines is 2. The zero-order chi connectivity index (χ0) is 20.1. The van der Waals surface area contributed by atoms with Gasteiger partial charge in [-0.1, -0.05) is 0 Å². The van der Waals surface area contributed by atoms with Gasteiger partial charge in [0.2, 0.25) is 0 Å². The van der Waals surface area contributed by atoms with Crippen LogP contribution in [0.1, 0.15) is 39.2 Å². The van der Waals surface area contributed by atoms with Crippen LogP contribution < -0.4 is 15.4 Å². The van der Waals surface area contributed by atoms with Crippen molar-refractivity contribution in [3.63, 3.8) is 0 Å². The first kappa shape index (κ1) is 19.2. The lowest BCUT2D eigenvalue weighted by Gasteiger charge is -2.08. The Hall–Kier alpha value is -3.54. The van der Waals surface area contributed by atoms with E-state index in [-0.39, 0.29) is 11.8 Å². The first-order valence-electron chi connectivity index (χ1n) is 8.99. The van der Waals surface area contributed by atoms with Gasteiger partial charge in [0.15, 0.2) is 0 Å². The Labute approximate surface area is 163 Å².